The van der Waals surface area contributed by atoms with Crippen LogP contribution in [0.4, 0.5) is 4.39 Å². The third kappa shape index (κ3) is 3.20. The lowest BCUT2D eigenvalue weighted by atomic mass is 9.81. The van der Waals surface area contributed by atoms with Crippen LogP contribution in [0.25, 0.3) is 0 Å². The molecule has 1 saturated carbocycles. The van der Waals surface area contributed by atoms with Gasteiger partial charge in [-0.1, -0.05) is 12.8 Å². The molecule has 5 nitrogen and oxygen atoms in total. The highest BCUT2D eigenvalue weighted by Crippen LogP contribution is 2.44. The molecule has 0 bridgehead atoms. The van der Waals surface area contributed by atoms with Gasteiger partial charge in [-0.3, -0.25) is 4.79 Å². The quantitative estimate of drug-likeness (QED) is 0.762. The predicted octanol–water partition coefficient (Wildman–Crippen LogP) is 2.00. The van der Waals surface area contributed by atoms with Crippen LogP contribution in [0.5, 0.6) is 0 Å². The molecule has 120 valence electrons. The molecule has 1 N–H and O–H groups in total. The molecule has 6 heteroatoms. The van der Waals surface area contributed by atoms with Gasteiger partial charge in [0.2, 0.25) is 11.6 Å². The molecule has 1 atom stereocenters. The zero-order valence-corrected chi connectivity index (χ0v) is 12.6. The van der Waals surface area contributed by atoms with E-state index in [-0.39, 0.29) is 25.4 Å². The Balaban J connectivity index is 2.04. The van der Waals surface area contributed by atoms with Crippen LogP contribution >= 0.6 is 0 Å². The number of hydrogen-bond acceptors (Lipinski definition) is 3. The van der Waals surface area contributed by atoms with Crippen molar-refractivity contribution in [2.75, 3.05) is 26.3 Å². The summed E-state index contributed by atoms with van der Waals surface area (Å²) in [5.41, 5.74) is -2.76. The average Bonchev–Trinajstić information content (AvgIpc) is 3.07. The highest BCUT2D eigenvalue weighted by molar-refractivity contribution is 5.86. The van der Waals surface area contributed by atoms with Gasteiger partial charge in [-0.2, -0.15) is 0 Å². The fourth-order valence-corrected chi connectivity index (χ4v) is 3.49. The van der Waals surface area contributed by atoms with Crippen molar-refractivity contribution in [3.05, 3.63) is 0 Å². The van der Waals surface area contributed by atoms with Crippen molar-refractivity contribution in [3.63, 3.8) is 0 Å². The zero-order valence-electron chi connectivity index (χ0n) is 12.6. The summed E-state index contributed by atoms with van der Waals surface area (Å²) >= 11 is 0. The van der Waals surface area contributed by atoms with Gasteiger partial charge < -0.3 is 14.7 Å². The van der Waals surface area contributed by atoms with E-state index in [1.165, 1.54) is 4.90 Å². The number of alkyl halides is 1. The van der Waals surface area contributed by atoms with Crippen molar-refractivity contribution in [1.82, 2.24) is 4.90 Å². The molecule has 1 saturated heterocycles. The molecule has 1 aliphatic heterocycles. The number of rotatable bonds is 6. The van der Waals surface area contributed by atoms with E-state index in [4.69, 9.17) is 9.84 Å². The van der Waals surface area contributed by atoms with E-state index in [0.29, 0.717) is 19.6 Å². The number of halogens is 1. The summed E-state index contributed by atoms with van der Waals surface area (Å²) in [5, 5.41) is 8.94. The first-order valence-electron chi connectivity index (χ1n) is 7.73. The van der Waals surface area contributed by atoms with Gasteiger partial charge in [0.1, 0.15) is 0 Å². The molecule has 2 aliphatic rings. The smallest absolute Gasteiger partial charge is 0.343 e. The average molecular weight is 301 g/mol. The summed E-state index contributed by atoms with van der Waals surface area (Å²) in [5.74, 6) is -1.55. The molecule has 1 amide bonds. The van der Waals surface area contributed by atoms with Crippen LogP contribution in [-0.4, -0.2) is 53.9 Å². The minimum absolute atomic E-state index is 0.0829. The molecule has 1 unspecified atom stereocenters. The van der Waals surface area contributed by atoms with Crippen molar-refractivity contribution in [3.8, 4) is 0 Å². The van der Waals surface area contributed by atoms with Gasteiger partial charge in [-0.15, -0.1) is 0 Å². The highest BCUT2D eigenvalue weighted by Gasteiger charge is 2.51. The second kappa shape index (κ2) is 6.30. The number of ether oxygens (including phenoxy) is 1. The third-order valence-electron chi connectivity index (χ3n) is 4.83. The Bertz CT molecular complexity index is 408. The molecular weight excluding hydrogens is 277 g/mol. The van der Waals surface area contributed by atoms with Crippen LogP contribution in [-0.2, 0) is 14.3 Å². The van der Waals surface area contributed by atoms with Crippen LogP contribution in [0.15, 0.2) is 0 Å². The minimum atomic E-state index is -2.28. The summed E-state index contributed by atoms with van der Waals surface area (Å²) < 4.78 is 19.5. The maximum Gasteiger partial charge on any atom is 0.343 e. The van der Waals surface area contributed by atoms with E-state index in [1.807, 2.05) is 6.92 Å². The molecule has 0 aromatic carbocycles. The van der Waals surface area contributed by atoms with Gasteiger partial charge in [-0.25, -0.2) is 9.18 Å². The van der Waals surface area contributed by atoms with E-state index >= 15 is 0 Å². The van der Waals surface area contributed by atoms with Crippen molar-refractivity contribution in [2.24, 2.45) is 5.41 Å². The van der Waals surface area contributed by atoms with Crippen LogP contribution < -0.4 is 0 Å². The van der Waals surface area contributed by atoms with Crippen molar-refractivity contribution >= 4 is 11.9 Å². The fraction of sp³-hybridized carbons (Fsp3) is 0.867. The van der Waals surface area contributed by atoms with E-state index in [9.17, 15) is 14.0 Å². The largest absolute Gasteiger partial charge is 0.479 e. The third-order valence-corrected chi connectivity index (χ3v) is 4.83. The number of likely N-dealkylation sites (tertiary alicyclic amines) is 1. The molecule has 2 rings (SSSR count). The number of nitrogens with zero attached hydrogens (tertiary/aromatic N) is 1. The lowest BCUT2D eigenvalue weighted by Crippen LogP contribution is -2.45. The number of carboxylic acids is 1. The van der Waals surface area contributed by atoms with E-state index in [2.05, 4.69) is 0 Å². The molecule has 0 radical (unpaired) electrons. The van der Waals surface area contributed by atoms with E-state index < -0.39 is 17.1 Å². The Labute approximate surface area is 124 Å². The minimum Gasteiger partial charge on any atom is -0.479 e. The summed E-state index contributed by atoms with van der Waals surface area (Å²) in [4.78, 5) is 25.2. The van der Waals surface area contributed by atoms with E-state index in [1.54, 1.807) is 0 Å². The molecule has 1 heterocycles. The number of carboxylic acid groups (broad SMARTS) is 1. The Kier molecular flexibility index (Phi) is 4.86. The second-order valence-corrected chi connectivity index (χ2v) is 6.18. The summed E-state index contributed by atoms with van der Waals surface area (Å²) in [6, 6.07) is 0. The molecule has 0 spiro atoms. The van der Waals surface area contributed by atoms with Gasteiger partial charge in [0, 0.05) is 26.2 Å². The van der Waals surface area contributed by atoms with Crippen molar-refractivity contribution < 1.29 is 23.8 Å². The zero-order chi connectivity index (χ0) is 15.5. The van der Waals surface area contributed by atoms with Crippen molar-refractivity contribution in [1.29, 1.82) is 0 Å². The highest BCUT2D eigenvalue weighted by atomic mass is 19.1. The maximum atomic E-state index is 14.1. The Morgan fingerprint density at radius 2 is 1.95 bits per heavy atom. The topological polar surface area (TPSA) is 66.8 Å². The predicted molar refractivity (Wildman–Crippen MR) is 74.7 cm³/mol. The van der Waals surface area contributed by atoms with Crippen LogP contribution in [0, 0.1) is 5.41 Å². The number of amides is 1. The lowest BCUT2D eigenvalue weighted by Gasteiger charge is -2.32. The Hall–Kier alpha value is -1.17. The first-order valence-corrected chi connectivity index (χ1v) is 7.73. The molecule has 0 aromatic rings. The number of hydrogen-bond donors (Lipinski definition) is 1. The molecule has 0 aromatic heterocycles. The standard InChI is InChI=1S/C15H24FNO4/c1-2-21-10-8-14(5-3-4-6-14)12(18)17-9-7-15(16,11-17)13(19)20/h2-11H2,1H3,(H,19,20). The fourth-order valence-electron chi connectivity index (χ4n) is 3.49. The monoisotopic (exact) mass is 301 g/mol. The van der Waals surface area contributed by atoms with Gasteiger partial charge in [0.05, 0.1) is 12.0 Å². The number of aliphatic carboxylic acids is 1. The molecule has 21 heavy (non-hydrogen) atoms. The van der Waals surface area contributed by atoms with Gasteiger partial charge in [-0.05, 0) is 26.2 Å². The number of carbonyl (C=O) groups is 2. The molecular formula is C15H24FNO4. The van der Waals surface area contributed by atoms with Crippen LogP contribution in [0.3, 0.4) is 0 Å². The van der Waals surface area contributed by atoms with Gasteiger partial charge in [0.15, 0.2) is 0 Å². The Morgan fingerprint density at radius 1 is 1.29 bits per heavy atom. The summed E-state index contributed by atoms with van der Waals surface area (Å²) in [7, 11) is 0. The molecule has 2 fully saturated rings. The second-order valence-electron chi connectivity index (χ2n) is 6.18. The first-order chi connectivity index (χ1) is 9.93. The van der Waals surface area contributed by atoms with Gasteiger partial charge >= 0.3 is 5.97 Å². The summed E-state index contributed by atoms with van der Waals surface area (Å²) in [6.07, 6.45) is 4.10. The van der Waals surface area contributed by atoms with E-state index in [0.717, 1.165) is 25.7 Å². The first kappa shape index (κ1) is 16.2. The van der Waals surface area contributed by atoms with Crippen LogP contribution in [0.2, 0.25) is 0 Å². The number of carbonyl (C=O) groups excluding carboxylic acids is 1. The normalized spacial score (nSPS) is 28.0. The summed E-state index contributed by atoms with van der Waals surface area (Å²) in [6.45, 7) is 2.92. The SMILES string of the molecule is CCOCCC1(C(=O)N2CCC(F)(C(=O)O)C2)CCCC1. The molecule has 1 aliphatic carbocycles. The van der Waals surface area contributed by atoms with Crippen molar-refractivity contribution in [2.45, 2.75) is 51.1 Å². The van der Waals surface area contributed by atoms with Gasteiger partial charge in [0.25, 0.3) is 0 Å². The maximum absolute atomic E-state index is 14.1. The van der Waals surface area contributed by atoms with Crippen LogP contribution in [0.1, 0.15) is 45.4 Å². The Morgan fingerprint density at radius 3 is 2.48 bits per heavy atom. The lowest BCUT2D eigenvalue weighted by molar-refractivity contribution is -0.151.